The largest absolute Gasteiger partial charge is 0.494 e. The maximum absolute atomic E-state index is 12.7. The van der Waals surface area contributed by atoms with Gasteiger partial charge in [-0.1, -0.05) is 0 Å². The van der Waals surface area contributed by atoms with Crippen molar-refractivity contribution in [1.82, 2.24) is 9.97 Å². The fraction of sp³-hybridized carbons (Fsp3) is 0.267. The van der Waals surface area contributed by atoms with Gasteiger partial charge in [0.25, 0.3) is 0 Å². The smallest absolute Gasteiger partial charge is 0.419 e. The van der Waals surface area contributed by atoms with E-state index in [1.165, 1.54) is 21.0 Å². The molecule has 2 aromatic rings. The Bertz CT molecular complexity index is 763. The van der Waals surface area contributed by atoms with Gasteiger partial charge >= 0.3 is 6.18 Å². The van der Waals surface area contributed by atoms with E-state index in [1.54, 1.807) is 18.2 Å². The summed E-state index contributed by atoms with van der Waals surface area (Å²) in [7, 11) is 1.43. The molecule has 1 aromatic heterocycles. The van der Waals surface area contributed by atoms with Crippen LogP contribution in [0.15, 0.2) is 24.4 Å². The maximum atomic E-state index is 12.7. The number of carbonyl (C=O) groups is 1. The van der Waals surface area contributed by atoms with Gasteiger partial charge in [-0.25, -0.2) is 9.97 Å². The lowest BCUT2D eigenvalue weighted by Crippen LogP contribution is -2.11. The van der Waals surface area contributed by atoms with Crippen molar-refractivity contribution in [2.75, 3.05) is 17.7 Å². The SMILES string of the molecule is COc1cc(NC(C)=O)ccc1Nc1ncc(C(F)(F)F)c(C)n1. The van der Waals surface area contributed by atoms with Crippen LogP contribution in [0.2, 0.25) is 0 Å². The average molecular weight is 340 g/mol. The van der Waals surface area contributed by atoms with Crippen LogP contribution in [0, 0.1) is 6.92 Å². The molecule has 0 atom stereocenters. The predicted molar refractivity (Wildman–Crippen MR) is 82.4 cm³/mol. The van der Waals surface area contributed by atoms with Gasteiger partial charge in [-0.15, -0.1) is 0 Å². The van der Waals surface area contributed by atoms with Crippen molar-refractivity contribution in [2.45, 2.75) is 20.0 Å². The van der Waals surface area contributed by atoms with E-state index in [2.05, 4.69) is 20.6 Å². The van der Waals surface area contributed by atoms with Crippen LogP contribution in [-0.2, 0) is 11.0 Å². The van der Waals surface area contributed by atoms with Gasteiger partial charge in [-0.2, -0.15) is 13.2 Å². The number of amides is 1. The molecule has 0 spiro atoms. The van der Waals surface area contributed by atoms with Crippen LogP contribution in [0.25, 0.3) is 0 Å². The lowest BCUT2D eigenvalue weighted by atomic mass is 10.2. The molecule has 1 heterocycles. The average Bonchev–Trinajstić information content (AvgIpc) is 2.47. The van der Waals surface area contributed by atoms with Gasteiger partial charge in [0.2, 0.25) is 11.9 Å². The normalized spacial score (nSPS) is 11.1. The van der Waals surface area contributed by atoms with Crippen LogP contribution in [-0.4, -0.2) is 23.0 Å². The van der Waals surface area contributed by atoms with E-state index in [-0.39, 0.29) is 17.5 Å². The fourth-order valence-electron chi connectivity index (χ4n) is 2.00. The molecule has 1 amide bonds. The van der Waals surface area contributed by atoms with E-state index in [0.29, 0.717) is 17.1 Å². The number of benzene rings is 1. The Hall–Kier alpha value is -2.84. The van der Waals surface area contributed by atoms with E-state index in [1.807, 2.05) is 0 Å². The van der Waals surface area contributed by atoms with E-state index in [0.717, 1.165) is 6.20 Å². The summed E-state index contributed by atoms with van der Waals surface area (Å²) in [6.45, 7) is 2.63. The predicted octanol–water partition coefficient (Wildman–Crippen LogP) is 3.51. The quantitative estimate of drug-likeness (QED) is 0.891. The molecule has 0 unspecified atom stereocenters. The number of aryl methyl sites for hydroxylation is 1. The van der Waals surface area contributed by atoms with Gasteiger partial charge in [-0.3, -0.25) is 4.79 Å². The highest BCUT2D eigenvalue weighted by atomic mass is 19.4. The first-order valence-corrected chi connectivity index (χ1v) is 6.84. The second-order valence-electron chi connectivity index (χ2n) is 4.91. The van der Waals surface area contributed by atoms with Crippen LogP contribution in [0.1, 0.15) is 18.2 Å². The van der Waals surface area contributed by atoms with Crippen molar-refractivity contribution in [3.63, 3.8) is 0 Å². The minimum Gasteiger partial charge on any atom is -0.494 e. The summed E-state index contributed by atoms with van der Waals surface area (Å²) in [5, 5.41) is 5.40. The second kappa shape index (κ2) is 6.73. The molecular formula is C15H15F3N4O2. The van der Waals surface area contributed by atoms with Gasteiger partial charge in [0.1, 0.15) is 5.75 Å². The Labute approximate surface area is 136 Å². The minimum atomic E-state index is -4.50. The lowest BCUT2D eigenvalue weighted by Gasteiger charge is -2.14. The number of nitrogens with zero attached hydrogens (tertiary/aromatic N) is 2. The molecule has 2 N–H and O–H groups in total. The van der Waals surface area contributed by atoms with Crippen molar-refractivity contribution in [3.8, 4) is 5.75 Å². The van der Waals surface area contributed by atoms with Crippen LogP contribution >= 0.6 is 0 Å². The third kappa shape index (κ3) is 4.12. The number of nitrogens with one attached hydrogen (secondary N) is 2. The van der Waals surface area contributed by atoms with Crippen molar-refractivity contribution in [1.29, 1.82) is 0 Å². The van der Waals surface area contributed by atoms with Gasteiger partial charge in [-0.05, 0) is 19.1 Å². The monoisotopic (exact) mass is 340 g/mol. The van der Waals surface area contributed by atoms with Crippen molar-refractivity contribution in [3.05, 3.63) is 35.7 Å². The van der Waals surface area contributed by atoms with Gasteiger partial charge in [0.15, 0.2) is 0 Å². The van der Waals surface area contributed by atoms with Crippen LogP contribution in [0.3, 0.4) is 0 Å². The molecule has 0 fully saturated rings. The Kier molecular flexibility index (Phi) is 4.91. The molecule has 24 heavy (non-hydrogen) atoms. The summed E-state index contributed by atoms with van der Waals surface area (Å²) in [6.07, 6.45) is -3.77. The van der Waals surface area contributed by atoms with Crippen molar-refractivity contribution >= 4 is 23.2 Å². The number of alkyl halides is 3. The molecule has 0 aliphatic rings. The zero-order chi connectivity index (χ0) is 17.9. The van der Waals surface area contributed by atoms with E-state index in [9.17, 15) is 18.0 Å². The minimum absolute atomic E-state index is 0.00563. The number of rotatable bonds is 4. The van der Waals surface area contributed by atoms with Crippen LogP contribution in [0.4, 0.5) is 30.5 Å². The number of ether oxygens (including phenoxy) is 1. The Morgan fingerprint density at radius 3 is 2.54 bits per heavy atom. The molecule has 0 bridgehead atoms. The highest BCUT2D eigenvalue weighted by Gasteiger charge is 2.33. The maximum Gasteiger partial charge on any atom is 0.419 e. The lowest BCUT2D eigenvalue weighted by molar-refractivity contribution is -0.138. The molecule has 0 radical (unpaired) electrons. The number of halogens is 3. The molecule has 0 saturated carbocycles. The molecule has 9 heteroatoms. The molecule has 128 valence electrons. The van der Waals surface area contributed by atoms with Gasteiger partial charge in [0, 0.05) is 24.9 Å². The molecular weight excluding hydrogens is 325 g/mol. The summed E-state index contributed by atoms with van der Waals surface area (Å²) >= 11 is 0. The van der Waals surface area contributed by atoms with Crippen molar-refractivity contribution < 1.29 is 22.7 Å². The third-order valence-electron chi connectivity index (χ3n) is 3.05. The topological polar surface area (TPSA) is 76.1 Å². The molecule has 2 rings (SSSR count). The molecule has 0 saturated heterocycles. The van der Waals surface area contributed by atoms with Gasteiger partial charge in [0.05, 0.1) is 24.1 Å². The zero-order valence-corrected chi connectivity index (χ0v) is 13.2. The zero-order valence-electron chi connectivity index (χ0n) is 13.2. The number of methoxy groups -OCH3 is 1. The standard InChI is InChI=1S/C15H15F3N4O2/c1-8-11(15(16,17)18)7-19-14(20-8)22-12-5-4-10(21-9(2)23)6-13(12)24-3/h4-7H,1-3H3,(H,21,23)(H,19,20,22). The second-order valence-corrected chi connectivity index (χ2v) is 4.91. The van der Waals surface area contributed by atoms with Gasteiger partial charge < -0.3 is 15.4 Å². The van der Waals surface area contributed by atoms with E-state index in [4.69, 9.17) is 4.74 Å². The Morgan fingerprint density at radius 2 is 2.00 bits per heavy atom. The number of anilines is 3. The fourth-order valence-corrected chi connectivity index (χ4v) is 2.00. The number of hydrogen-bond acceptors (Lipinski definition) is 5. The molecule has 1 aromatic carbocycles. The summed E-state index contributed by atoms with van der Waals surface area (Å²) in [5.41, 5.74) is -0.102. The number of aromatic nitrogens is 2. The van der Waals surface area contributed by atoms with E-state index >= 15 is 0 Å². The van der Waals surface area contributed by atoms with Crippen LogP contribution in [0.5, 0.6) is 5.75 Å². The summed E-state index contributed by atoms with van der Waals surface area (Å²) in [6, 6.07) is 4.78. The summed E-state index contributed by atoms with van der Waals surface area (Å²) in [5.74, 6) is 0.146. The first-order chi connectivity index (χ1) is 11.2. The first kappa shape index (κ1) is 17.5. The van der Waals surface area contributed by atoms with E-state index < -0.39 is 11.7 Å². The molecule has 6 nitrogen and oxygen atoms in total. The molecule has 0 aliphatic heterocycles. The highest BCUT2D eigenvalue weighted by molar-refractivity contribution is 5.89. The summed E-state index contributed by atoms with van der Waals surface area (Å²) < 4.78 is 43.4. The third-order valence-corrected chi connectivity index (χ3v) is 3.05. The number of hydrogen-bond donors (Lipinski definition) is 2. The number of carbonyl (C=O) groups excluding carboxylic acids is 1. The highest BCUT2D eigenvalue weighted by Crippen LogP contribution is 2.32. The van der Waals surface area contributed by atoms with Crippen LogP contribution < -0.4 is 15.4 Å². The van der Waals surface area contributed by atoms with Crippen molar-refractivity contribution in [2.24, 2.45) is 0 Å². The summed E-state index contributed by atoms with van der Waals surface area (Å²) in [4.78, 5) is 18.6. The first-order valence-electron chi connectivity index (χ1n) is 6.84. The molecule has 0 aliphatic carbocycles. The Balaban J connectivity index is 2.28. The Morgan fingerprint density at radius 1 is 1.29 bits per heavy atom.